The third kappa shape index (κ3) is 4.21. The summed E-state index contributed by atoms with van der Waals surface area (Å²) in [4.78, 5) is 10.3. The lowest BCUT2D eigenvalue weighted by Gasteiger charge is -1.93. The molecule has 0 saturated heterocycles. The minimum atomic E-state index is -0.860. The van der Waals surface area contributed by atoms with E-state index in [4.69, 9.17) is 5.11 Å². The Hall–Kier alpha value is -0.310. The molecule has 0 amide bonds. The van der Waals surface area contributed by atoms with Crippen LogP contribution >= 0.6 is 15.9 Å². The number of halogens is 1. The fourth-order valence-electron chi connectivity index (χ4n) is 0.416. The van der Waals surface area contributed by atoms with Gasteiger partial charge in [-0.05, 0) is 13.8 Å². The van der Waals surface area contributed by atoms with Crippen molar-refractivity contribution in [3.05, 3.63) is 11.6 Å². The molecule has 52 valence electrons. The fourth-order valence-corrected chi connectivity index (χ4v) is 0.812. The molecule has 0 radical (unpaired) electrons. The summed E-state index contributed by atoms with van der Waals surface area (Å²) >= 11 is 3.20. The molecule has 0 aliphatic carbocycles. The van der Waals surface area contributed by atoms with Gasteiger partial charge in [-0.3, -0.25) is 0 Å². The first kappa shape index (κ1) is 8.69. The molecule has 0 aromatic rings. The lowest BCUT2D eigenvalue weighted by molar-refractivity contribution is -0.132. The summed E-state index contributed by atoms with van der Waals surface area (Å²) in [6, 6.07) is 0. The van der Waals surface area contributed by atoms with Crippen LogP contribution in [0.25, 0.3) is 0 Å². The molecule has 2 nitrogen and oxygen atoms in total. The minimum Gasteiger partial charge on any atom is -0.478 e. The van der Waals surface area contributed by atoms with Gasteiger partial charge >= 0.3 is 5.97 Å². The summed E-state index contributed by atoms with van der Waals surface area (Å²) in [6.07, 6.45) is 1.64. The van der Waals surface area contributed by atoms with Gasteiger partial charge in [-0.2, -0.15) is 0 Å². The van der Waals surface area contributed by atoms with Gasteiger partial charge in [0.2, 0.25) is 0 Å². The van der Waals surface area contributed by atoms with E-state index in [1.807, 2.05) is 6.92 Å². The normalized spacial score (nSPS) is 15.2. The van der Waals surface area contributed by atoms with Crippen molar-refractivity contribution in [1.29, 1.82) is 0 Å². The molecule has 1 unspecified atom stereocenters. The number of alkyl halides is 1. The Morgan fingerprint density at radius 1 is 1.78 bits per heavy atom. The number of hydrogen-bond donors (Lipinski definition) is 1. The number of rotatable bonds is 2. The maximum atomic E-state index is 10.1. The second-order valence-corrected chi connectivity index (χ2v) is 3.28. The van der Waals surface area contributed by atoms with Crippen LogP contribution in [0, 0.1) is 0 Å². The zero-order chi connectivity index (χ0) is 7.44. The highest BCUT2D eigenvalue weighted by molar-refractivity contribution is 9.09. The predicted molar refractivity (Wildman–Crippen MR) is 39.8 cm³/mol. The molecule has 1 atom stereocenters. The Morgan fingerprint density at radius 2 is 2.22 bits per heavy atom. The van der Waals surface area contributed by atoms with Crippen LogP contribution in [-0.2, 0) is 4.79 Å². The highest BCUT2D eigenvalue weighted by Gasteiger charge is 1.99. The first-order valence-electron chi connectivity index (χ1n) is 2.60. The van der Waals surface area contributed by atoms with Crippen LogP contribution in [0.4, 0.5) is 0 Å². The molecule has 0 aromatic carbocycles. The number of allylic oxidation sites excluding steroid dienone is 1. The van der Waals surface area contributed by atoms with Gasteiger partial charge in [0.1, 0.15) is 0 Å². The van der Waals surface area contributed by atoms with Gasteiger partial charge in [0.25, 0.3) is 0 Å². The smallest absolute Gasteiger partial charge is 0.330 e. The number of carbonyl (C=O) groups is 1. The fraction of sp³-hybridized carbons (Fsp3) is 0.500. The number of aliphatic carboxylic acids is 1. The van der Waals surface area contributed by atoms with Gasteiger partial charge in [-0.25, -0.2) is 4.79 Å². The van der Waals surface area contributed by atoms with E-state index in [1.54, 1.807) is 13.0 Å². The Balaban J connectivity index is 4.00. The van der Waals surface area contributed by atoms with Crippen molar-refractivity contribution in [2.24, 2.45) is 0 Å². The quantitative estimate of drug-likeness (QED) is 0.536. The molecule has 0 rings (SSSR count). The minimum absolute atomic E-state index is 0.133. The molecular formula is C6H9BrO2. The maximum absolute atomic E-state index is 10.1. The summed E-state index contributed by atoms with van der Waals surface area (Å²) < 4.78 is 0. The van der Waals surface area contributed by atoms with E-state index in [1.165, 1.54) is 0 Å². The summed E-state index contributed by atoms with van der Waals surface area (Å²) in [5.41, 5.74) is 0.374. The molecule has 0 fully saturated rings. The average molecular weight is 193 g/mol. The van der Waals surface area contributed by atoms with Gasteiger partial charge in [-0.1, -0.05) is 22.0 Å². The average Bonchev–Trinajstić information content (AvgIpc) is 1.63. The van der Waals surface area contributed by atoms with Crippen molar-refractivity contribution < 1.29 is 9.90 Å². The van der Waals surface area contributed by atoms with E-state index in [0.29, 0.717) is 5.57 Å². The zero-order valence-electron chi connectivity index (χ0n) is 5.39. The highest BCUT2D eigenvalue weighted by Crippen LogP contribution is 2.03. The van der Waals surface area contributed by atoms with E-state index in [2.05, 4.69) is 15.9 Å². The first-order chi connectivity index (χ1) is 4.04. The lowest BCUT2D eigenvalue weighted by atomic mass is 10.2. The summed E-state index contributed by atoms with van der Waals surface area (Å²) in [6.45, 7) is 3.44. The Labute approximate surface area is 62.7 Å². The SMILES string of the molecule is C/C(=C\C(C)Br)C(=O)O. The van der Waals surface area contributed by atoms with Crippen molar-refractivity contribution >= 4 is 21.9 Å². The van der Waals surface area contributed by atoms with Crippen molar-refractivity contribution in [2.45, 2.75) is 18.7 Å². The van der Waals surface area contributed by atoms with E-state index in [9.17, 15) is 4.79 Å². The molecule has 0 aromatic heterocycles. The molecule has 0 spiro atoms. The lowest BCUT2D eigenvalue weighted by Crippen LogP contribution is -1.98. The number of carboxylic acid groups (broad SMARTS) is 1. The summed E-state index contributed by atoms with van der Waals surface area (Å²) in [5.74, 6) is -0.860. The Morgan fingerprint density at radius 3 is 2.33 bits per heavy atom. The Bertz CT molecular complexity index is 138. The number of hydrogen-bond acceptors (Lipinski definition) is 1. The van der Waals surface area contributed by atoms with E-state index < -0.39 is 5.97 Å². The zero-order valence-corrected chi connectivity index (χ0v) is 6.97. The Kier molecular flexibility index (Phi) is 3.54. The second kappa shape index (κ2) is 3.67. The van der Waals surface area contributed by atoms with Gasteiger partial charge in [-0.15, -0.1) is 0 Å². The van der Waals surface area contributed by atoms with Crippen LogP contribution in [0.5, 0.6) is 0 Å². The predicted octanol–water partition coefficient (Wildman–Crippen LogP) is 1.80. The van der Waals surface area contributed by atoms with E-state index in [0.717, 1.165) is 0 Å². The number of carboxylic acids is 1. The summed E-state index contributed by atoms with van der Waals surface area (Å²) in [5, 5.41) is 8.34. The van der Waals surface area contributed by atoms with Crippen LogP contribution in [0.3, 0.4) is 0 Å². The van der Waals surface area contributed by atoms with Gasteiger partial charge in [0, 0.05) is 10.4 Å². The molecule has 0 saturated carbocycles. The van der Waals surface area contributed by atoms with E-state index in [-0.39, 0.29) is 4.83 Å². The highest BCUT2D eigenvalue weighted by atomic mass is 79.9. The first-order valence-corrected chi connectivity index (χ1v) is 3.51. The van der Waals surface area contributed by atoms with Crippen LogP contribution in [-0.4, -0.2) is 15.9 Å². The van der Waals surface area contributed by atoms with Gasteiger partial charge in [0.15, 0.2) is 0 Å². The largest absolute Gasteiger partial charge is 0.478 e. The molecule has 0 aliphatic heterocycles. The van der Waals surface area contributed by atoms with Crippen LogP contribution < -0.4 is 0 Å². The van der Waals surface area contributed by atoms with Crippen molar-refractivity contribution in [3.63, 3.8) is 0 Å². The van der Waals surface area contributed by atoms with Crippen molar-refractivity contribution in [3.8, 4) is 0 Å². The van der Waals surface area contributed by atoms with Gasteiger partial charge in [0.05, 0.1) is 0 Å². The third-order valence-electron chi connectivity index (χ3n) is 0.817. The molecule has 0 aliphatic rings. The van der Waals surface area contributed by atoms with Crippen molar-refractivity contribution in [2.75, 3.05) is 0 Å². The van der Waals surface area contributed by atoms with E-state index >= 15 is 0 Å². The second-order valence-electron chi connectivity index (χ2n) is 1.83. The molecular weight excluding hydrogens is 184 g/mol. The molecule has 9 heavy (non-hydrogen) atoms. The van der Waals surface area contributed by atoms with Crippen LogP contribution in [0.1, 0.15) is 13.8 Å². The summed E-state index contributed by atoms with van der Waals surface area (Å²) in [7, 11) is 0. The molecule has 0 bridgehead atoms. The monoisotopic (exact) mass is 192 g/mol. The molecule has 3 heteroatoms. The van der Waals surface area contributed by atoms with Crippen LogP contribution in [0.2, 0.25) is 0 Å². The van der Waals surface area contributed by atoms with Gasteiger partial charge < -0.3 is 5.11 Å². The van der Waals surface area contributed by atoms with Crippen LogP contribution in [0.15, 0.2) is 11.6 Å². The topological polar surface area (TPSA) is 37.3 Å². The maximum Gasteiger partial charge on any atom is 0.330 e. The van der Waals surface area contributed by atoms with Crippen molar-refractivity contribution in [1.82, 2.24) is 0 Å². The molecule has 1 N–H and O–H groups in total. The molecule has 0 heterocycles. The third-order valence-corrected chi connectivity index (χ3v) is 1.08. The standard InChI is InChI=1S/C6H9BrO2/c1-4(6(8)9)3-5(2)7/h3,5H,1-2H3,(H,8,9)/b4-3+.